The van der Waals surface area contributed by atoms with E-state index in [-0.39, 0.29) is 5.75 Å². The Bertz CT molecular complexity index is 568. The van der Waals surface area contributed by atoms with Crippen molar-refractivity contribution in [3.8, 4) is 23.3 Å². The van der Waals surface area contributed by atoms with Crippen LogP contribution in [0.2, 0.25) is 0 Å². The summed E-state index contributed by atoms with van der Waals surface area (Å²) in [5, 5.41) is 18.1. The van der Waals surface area contributed by atoms with Crippen LogP contribution in [0.25, 0.3) is 0 Å². The Morgan fingerprint density at radius 2 is 2.06 bits per heavy atom. The van der Waals surface area contributed by atoms with Gasteiger partial charge in [-0.2, -0.15) is 5.26 Å². The molecule has 2 aromatic rings. The second-order valence-electron chi connectivity index (χ2n) is 3.59. The van der Waals surface area contributed by atoms with E-state index in [1.807, 2.05) is 13.0 Å². The Morgan fingerprint density at radius 1 is 1.24 bits per heavy atom. The largest absolute Gasteiger partial charge is 0.508 e. The Labute approximate surface area is 98.7 Å². The van der Waals surface area contributed by atoms with E-state index in [4.69, 9.17) is 10.00 Å². The summed E-state index contributed by atoms with van der Waals surface area (Å²) in [6.45, 7) is 1.86. The molecular weight excluding hydrogens is 216 g/mol. The van der Waals surface area contributed by atoms with E-state index < -0.39 is 0 Å². The standard InChI is InChI=1S/C13H10N2O2/c1-9-4-11(16)7-13(5-9)17-12-2-3-15-10(6-12)8-14/h2-7,16H,1H3. The lowest BCUT2D eigenvalue weighted by molar-refractivity contribution is 0.454. The van der Waals surface area contributed by atoms with Crippen molar-refractivity contribution in [2.75, 3.05) is 0 Å². The van der Waals surface area contributed by atoms with E-state index in [1.165, 1.54) is 12.3 Å². The van der Waals surface area contributed by atoms with Gasteiger partial charge in [0.1, 0.15) is 29.0 Å². The number of hydrogen-bond donors (Lipinski definition) is 1. The van der Waals surface area contributed by atoms with E-state index in [9.17, 15) is 5.11 Å². The maximum Gasteiger partial charge on any atom is 0.144 e. The Balaban J connectivity index is 2.28. The van der Waals surface area contributed by atoms with Crippen LogP contribution >= 0.6 is 0 Å². The van der Waals surface area contributed by atoms with Gasteiger partial charge in [-0.3, -0.25) is 0 Å². The molecule has 17 heavy (non-hydrogen) atoms. The van der Waals surface area contributed by atoms with E-state index in [0.717, 1.165) is 5.56 Å². The molecule has 2 rings (SSSR count). The Hall–Kier alpha value is -2.54. The summed E-state index contributed by atoms with van der Waals surface area (Å²) in [5.74, 6) is 1.19. The molecule has 0 unspecified atom stereocenters. The van der Waals surface area contributed by atoms with Crippen molar-refractivity contribution >= 4 is 0 Å². The first-order valence-electron chi connectivity index (χ1n) is 5.02. The SMILES string of the molecule is Cc1cc(O)cc(Oc2ccnc(C#N)c2)c1. The molecule has 1 N–H and O–H groups in total. The summed E-state index contributed by atoms with van der Waals surface area (Å²) in [7, 11) is 0. The van der Waals surface area contributed by atoms with E-state index in [2.05, 4.69) is 4.98 Å². The van der Waals surface area contributed by atoms with Gasteiger partial charge in [-0.05, 0) is 30.7 Å². The Kier molecular flexibility index (Phi) is 2.93. The summed E-state index contributed by atoms with van der Waals surface area (Å²) in [5.41, 5.74) is 1.19. The summed E-state index contributed by atoms with van der Waals surface area (Å²) in [4.78, 5) is 3.84. The highest BCUT2D eigenvalue weighted by Crippen LogP contribution is 2.26. The highest BCUT2D eigenvalue weighted by molar-refractivity contribution is 5.40. The van der Waals surface area contributed by atoms with Crippen molar-refractivity contribution in [3.63, 3.8) is 0 Å². The monoisotopic (exact) mass is 226 g/mol. The molecule has 0 amide bonds. The highest BCUT2D eigenvalue weighted by atomic mass is 16.5. The molecule has 4 nitrogen and oxygen atoms in total. The van der Waals surface area contributed by atoms with Gasteiger partial charge in [0.15, 0.2) is 0 Å². The van der Waals surface area contributed by atoms with Crippen LogP contribution in [0.4, 0.5) is 0 Å². The minimum absolute atomic E-state index is 0.148. The zero-order chi connectivity index (χ0) is 12.3. The fraction of sp³-hybridized carbons (Fsp3) is 0.0769. The molecule has 0 aliphatic carbocycles. The molecular formula is C13H10N2O2. The fourth-order valence-electron chi connectivity index (χ4n) is 1.46. The average Bonchev–Trinajstić information content (AvgIpc) is 2.28. The maximum atomic E-state index is 9.43. The second kappa shape index (κ2) is 4.54. The van der Waals surface area contributed by atoms with Crippen LogP contribution in [-0.4, -0.2) is 10.1 Å². The third-order valence-corrected chi connectivity index (χ3v) is 2.12. The molecule has 1 heterocycles. The van der Waals surface area contributed by atoms with Gasteiger partial charge in [0, 0.05) is 18.3 Å². The number of phenolic OH excluding ortho intramolecular Hbond substituents is 1. The molecule has 0 aliphatic heterocycles. The van der Waals surface area contributed by atoms with Gasteiger partial charge >= 0.3 is 0 Å². The number of ether oxygens (including phenoxy) is 1. The van der Waals surface area contributed by atoms with Gasteiger partial charge < -0.3 is 9.84 Å². The smallest absolute Gasteiger partial charge is 0.144 e. The number of rotatable bonds is 2. The van der Waals surface area contributed by atoms with Crippen LogP contribution < -0.4 is 4.74 Å². The summed E-state index contributed by atoms with van der Waals surface area (Å²) in [6, 6.07) is 10.1. The van der Waals surface area contributed by atoms with Crippen molar-refractivity contribution < 1.29 is 9.84 Å². The molecule has 4 heteroatoms. The molecule has 1 aromatic carbocycles. The second-order valence-corrected chi connectivity index (χ2v) is 3.59. The number of pyridine rings is 1. The van der Waals surface area contributed by atoms with Gasteiger partial charge in [0.25, 0.3) is 0 Å². The topological polar surface area (TPSA) is 66.1 Å². The van der Waals surface area contributed by atoms with Crippen molar-refractivity contribution in [2.45, 2.75) is 6.92 Å². The average molecular weight is 226 g/mol. The van der Waals surface area contributed by atoms with Crippen molar-refractivity contribution in [2.24, 2.45) is 0 Å². The molecule has 0 saturated carbocycles. The number of hydrogen-bond acceptors (Lipinski definition) is 4. The summed E-state index contributed by atoms with van der Waals surface area (Å²) in [6.07, 6.45) is 1.50. The van der Waals surface area contributed by atoms with E-state index in [1.54, 1.807) is 24.3 Å². The van der Waals surface area contributed by atoms with Crippen molar-refractivity contribution in [1.82, 2.24) is 4.98 Å². The lowest BCUT2D eigenvalue weighted by Crippen LogP contribution is -1.88. The molecule has 84 valence electrons. The number of phenols is 1. The van der Waals surface area contributed by atoms with E-state index >= 15 is 0 Å². The molecule has 0 atom stereocenters. The quantitative estimate of drug-likeness (QED) is 0.855. The molecule has 0 fully saturated rings. The van der Waals surface area contributed by atoms with Crippen LogP contribution in [0.1, 0.15) is 11.3 Å². The lowest BCUT2D eigenvalue weighted by Gasteiger charge is -2.07. The lowest BCUT2D eigenvalue weighted by atomic mass is 10.2. The first kappa shape index (κ1) is 11.0. The molecule has 0 spiro atoms. The minimum Gasteiger partial charge on any atom is -0.508 e. The van der Waals surface area contributed by atoms with Crippen LogP contribution in [-0.2, 0) is 0 Å². The van der Waals surface area contributed by atoms with Gasteiger partial charge in [0.2, 0.25) is 0 Å². The van der Waals surface area contributed by atoms with Crippen molar-refractivity contribution in [3.05, 3.63) is 47.8 Å². The normalized spacial score (nSPS) is 9.65. The van der Waals surface area contributed by atoms with Gasteiger partial charge in [-0.15, -0.1) is 0 Å². The van der Waals surface area contributed by atoms with Crippen molar-refractivity contribution in [1.29, 1.82) is 5.26 Å². The van der Waals surface area contributed by atoms with Gasteiger partial charge in [0.05, 0.1) is 0 Å². The molecule has 1 aromatic heterocycles. The molecule has 0 bridgehead atoms. The predicted molar refractivity (Wildman–Crippen MR) is 61.9 cm³/mol. The molecule has 0 radical (unpaired) electrons. The third-order valence-electron chi connectivity index (χ3n) is 2.12. The van der Waals surface area contributed by atoms with Crippen LogP contribution in [0.15, 0.2) is 36.5 Å². The van der Waals surface area contributed by atoms with Crippen LogP contribution in [0, 0.1) is 18.3 Å². The third kappa shape index (κ3) is 2.73. The zero-order valence-corrected chi connectivity index (χ0v) is 9.21. The minimum atomic E-state index is 0.148. The number of nitrogens with zero attached hydrogens (tertiary/aromatic N) is 2. The number of benzene rings is 1. The number of aromatic nitrogens is 1. The summed E-state index contributed by atoms with van der Waals surface area (Å²) >= 11 is 0. The van der Waals surface area contributed by atoms with Gasteiger partial charge in [-0.1, -0.05) is 0 Å². The van der Waals surface area contributed by atoms with Crippen LogP contribution in [0.5, 0.6) is 17.2 Å². The Morgan fingerprint density at radius 3 is 2.76 bits per heavy atom. The highest BCUT2D eigenvalue weighted by Gasteiger charge is 2.02. The maximum absolute atomic E-state index is 9.43. The molecule has 0 aliphatic rings. The first-order valence-corrected chi connectivity index (χ1v) is 5.02. The predicted octanol–water partition coefficient (Wildman–Crippen LogP) is 2.76. The summed E-state index contributed by atoms with van der Waals surface area (Å²) < 4.78 is 5.53. The van der Waals surface area contributed by atoms with Crippen LogP contribution in [0.3, 0.4) is 0 Å². The zero-order valence-electron chi connectivity index (χ0n) is 9.21. The van der Waals surface area contributed by atoms with E-state index in [0.29, 0.717) is 17.2 Å². The number of aryl methyl sites for hydroxylation is 1. The van der Waals surface area contributed by atoms with Gasteiger partial charge in [-0.25, -0.2) is 4.98 Å². The fourth-order valence-corrected chi connectivity index (χ4v) is 1.46. The number of aromatic hydroxyl groups is 1. The number of nitriles is 1. The first-order chi connectivity index (χ1) is 8.17. The molecule has 0 saturated heterocycles.